The highest BCUT2D eigenvalue weighted by Crippen LogP contribution is 2.28. The molecule has 3 aromatic carbocycles. The number of ether oxygens (including phenoxy) is 2. The molecule has 0 radical (unpaired) electrons. The fourth-order valence-electron chi connectivity index (χ4n) is 3.47. The lowest BCUT2D eigenvalue weighted by molar-refractivity contribution is 0.0785. The van der Waals surface area contributed by atoms with Gasteiger partial charge in [0.1, 0.15) is 6.33 Å². The number of para-hydroxylation sites is 2. The molecule has 0 aliphatic carbocycles. The number of carbonyl (C=O) groups is 1. The summed E-state index contributed by atoms with van der Waals surface area (Å²) in [5.74, 6) is 1.26. The number of rotatable bonds is 6. The number of nitrogens with zero attached hydrogens (tertiary/aromatic N) is 3. The molecule has 0 aliphatic rings. The molecule has 1 heterocycles. The van der Waals surface area contributed by atoms with E-state index in [2.05, 4.69) is 4.98 Å². The average Bonchev–Trinajstić information content (AvgIpc) is 3.22. The average molecular weight is 401 g/mol. The number of aromatic nitrogens is 2. The minimum Gasteiger partial charge on any atom is -0.493 e. The van der Waals surface area contributed by atoms with Crippen LogP contribution in [0.5, 0.6) is 11.5 Å². The maximum Gasteiger partial charge on any atom is 0.253 e. The zero-order chi connectivity index (χ0) is 21.1. The Hall–Kier alpha value is -3.80. The summed E-state index contributed by atoms with van der Waals surface area (Å²) >= 11 is 0. The monoisotopic (exact) mass is 401 g/mol. The van der Waals surface area contributed by atoms with Crippen LogP contribution in [0.25, 0.3) is 16.7 Å². The molecule has 0 N–H and O–H groups in total. The third-order valence-electron chi connectivity index (χ3n) is 5.06. The highest BCUT2D eigenvalue weighted by molar-refractivity contribution is 5.94. The summed E-state index contributed by atoms with van der Waals surface area (Å²) < 4.78 is 12.6. The zero-order valence-electron chi connectivity index (χ0n) is 17.2. The molecule has 0 bridgehead atoms. The maximum atomic E-state index is 12.9. The number of methoxy groups -OCH3 is 2. The van der Waals surface area contributed by atoms with Crippen LogP contribution in [0.4, 0.5) is 0 Å². The van der Waals surface area contributed by atoms with Gasteiger partial charge in [-0.2, -0.15) is 0 Å². The van der Waals surface area contributed by atoms with Crippen molar-refractivity contribution in [2.75, 3.05) is 21.3 Å². The lowest BCUT2D eigenvalue weighted by Gasteiger charge is -2.18. The van der Waals surface area contributed by atoms with E-state index in [1.807, 2.05) is 71.3 Å². The van der Waals surface area contributed by atoms with E-state index in [0.717, 1.165) is 22.3 Å². The molecular formula is C24H23N3O3. The lowest BCUT2D eigenvalue weighted by Crippen LogP contribution is -2.26. The van der Waals surface area contributed by atoms with Crippen LogP contribution in [0.2, 0.25) is 0 Å². The second-order valence-electron chi connectivity index (χ2n) is 7.00. The zero-order valence-corrected chi connectivity index (χ0v) is 17.2. The number of carbonyl (C=O) groups excluding carboxylic acids is 1. The van der Waals surface area contributed by atoms with Crippen molar-refractivity contribution in [2.45, 2.75) is 6.54 Å². The highest BCUT2D eigenvalue weighted by Gasteiger charge is 2.14. The molecule has 0 fully saturated rings. The van der Waals surface area contributed by atoms with Gasteiger partial charge >= 0.3 is 0 Å². The van der Waals surface area contributed by atoms with Gasteiger partial charge in [0.05, 0.1) is 25.3 Å². The third-order valence-corrected chi connectivity index (χ3v) is 5.06. The topological polar surface area (TPSA) is 56.6 Å². The normalized spacial score (nSPS) is 10.8. The van der Waals surface area contributed by atoms with Crippen molar-refractivity contribution in [3.8, 4) is 17.2 Å². The number of hydrogen-bond donors (Lipinski definition) is 0. The van der Waals surface area contributed by atoms with Gasteiger partial charge in [-0.15, -0.1) is 0 Å². The van der Waals surface area contributed by atoms with Gasteiger partial charge < -0.3 is 14.4 Å². The third kappa shape index (κ3) is 3.72. The predicted molar refractivity (Wildman–Crippen MR) is 116 cm³/mol. The quantitative estimate of drug-likeness (QED) is 0.483. The number of benzene rings is 3. The van der Waals surface area contributed by atoms with Gasteiger partial charge in [-0.1, -0.05) is 18.2 Å². The summed E-state index contributed by atoms with van der Waals surface area (Å²) in [4.78, 5) is 19.0. The first-order chi connectivity index (χ1) is 14.6. The molecule has 4 aromatic rings. The standard InChI is InChI=1S/C24H23N3O3/c1-26(15-17-8-13-22(29-2)23(14-17)30-3)24(28)18-9-11-19(12-10-18)27-16-25-20-6-4-5-7-21(20)27/h4-14,16H,15H2,1-3H3. The van der Waals surface area contributed by atoms with E-state index < -0.39 is 0 Å². The van der Waals surface area contributed by atoms with Crippen LogP contribution < -0.4 is 9.47 Å². The van der Waals surface area contributed by atoms with Crippen LogP contribution in [0.1, 0.15) is 15.9 Å². The van der Waals surface area contributed by atoms with Crippen LogP contribution in [-0.4, -0.2) is 41.6 Å². The minimum absolute atomic E-state index is 0.0492. The van der Waals surface area contributed by atoms with Crippen molar-refractivity contribution in [1.29, 1.82) is 0 Å². The summed E-state index contributed by atoms with van der Waals surface area (Å²) in [6.07, 6.45) is 1.80. The highest BCUT2D eigenvalue weighted by atomic mass is 16.5. The summed E-state index contributed by atoms with van der Waals surface area (Å²) in [7, 11) is 4.99. The molecule has 0 aliphatic heterocycles. The van der Waals surface area contributed by atoms with Gasteiger partial charge in [0.15, 0.2) is 11.5 Å². The van der Waals surface area contributed by atoms with E-state index in [1.165, 1.54) is 0 Å². The van der Waals surface area contributed by atoms with Crippen molar-refractivity contribution < 1.29 is 14.3 Å². The van der Waals surface area contributed by atoms with Gasteiger partial charge in [0.2, 0.25) is 0 Å². The molecule has 1 amide bonds. The Morgan fingerprint density at radius 3 is 2.43 bits per heavy atom. The van der Waals surface area contributed by atoms with Gasteiger partial charge in [-0.05, 0) is 54.1 Å². The Kier molecular flexibility index (Phi) is 5.39. The van der Waals surface area contributed by atoms with E-state index in [9.17, 15) is 4.79 Å². The second-order valence-corrected chi connectivity index (χ2v) is 7.00. The molecule has 30 heavy (non-hydrogen) atoms. The smallest absolute Gasteiger partial charge is 0.253 e. The summed E-state index contributed by atoms with van der Waals surface area (Å²) in [5.41, 5.74) is 4.52. The molecule has 0 saturated heterocycles. The number of amides is 1. The first-order valence-corrected chi connectivity index (χ1v) is 9.59. The molecule has 6 nitrogen and oxygen atoms in total. The van der Waals surface area contributed by atoms with Crippen molar-refractivity contribution in [2.24, 2.45) is 0 Å². The molecular weight excluding hydrogens is 378 g/mol. The molecule has 1 aromatic heterocycles. The lowest BCUT2D eigenvalue weighted by atomic mass is 10.1. The van der Waals surface area contributed by atoms with Gasteiger partial charge in [0, 0.05) is 24.8 Å². The van der Waals surface area contributed by atoms with E-state index in [0.29, 0.717) is 23.6 Å². The van der Waals surface area contributed by atoms with E-state index in [4.69, 9.17) is 9.47 Å². The van der Waals surface area contributed by atoms with Gasteiger partial charge in [-0.3, -0.25) is 9.36 Å². The Morgan fingerprint density at radius 1 is 0.967 bits per heavy atom. The van der Waals surface area contributed by atoms with Crippen molar-refractivity contribution in [3.05, 3.63) is 84.2 Å². The Morgan fingerprint density at radius 2 is 1.70 bits per heavy atom. The minimum atomic E-state index is -0.0492. The number of imidazole rings is 1. The van der Waals surface area contributed by atoms with Crippen LogP contribution in [0, 0.1) is 0 Å². The molecule has 152 valence electrons. The second kappa shape index (κ2) is 8.29. The molecule has 0 spiro atoms. The van der Waals surface area contributed by atoms with Gasteiger partial charge in [-0.25, -0.2) is 4.98 Å². The molecule has 0 saturated carbocycles. The molecule has 0 unspecified atom stereocenters. The van der Waals surface area contributed by atoms with Crippen LogP contribution in [-0.2, 0) is 6.54 Å². The first kappa shape index (κ1) is 19.5. The first-order valence-electron chi connectivity index (χ1n) is 9.59. The molecule has 4 rings (SSSR count). The van der Waals surface area contributed by atoms with E-state index >= 15 is 0 Å². The van der Waals surface area contributed by atoms with Crippen LogP contribution in [0.15, 0.2) is 73.1 Å². The SMILES string of the molecule is COc1ccc(CN(C)C(=O)c2ccc(-n3cnc4ccccc43)cc2)cc1OC. The van der Waals surface area contributed by atoms with Gasteiger partial charge in [0.25, 0.3) is 5.91 Å². The summed E-state index contributed by atoms with van der Waals surface area (Å²) in [5, 5.41) is 0. The van der Waals surface area contributed by atoms with Crippen molar-refractivity contribution in [1.82, 2.24) is 14.5 Å². The van der Waals surface area contributed by atoms with E-state index in [1.54, 1.807) is 32.5 Å². The van der Waals surface area contributed by atoms with Crippen molar-refractivity contribution >= 4 is 16.9 Å². The predicted octanol–water partition coefficient (Wildman–Crippen LogP) is 4.31. The van der Waals surface area contributed by atoms with E-state index in [-0.39, 0.29) is 5.91 Å². The molecule has 0 atom stereocenters. The maximum absolute atomic E-state index is 12.9. The Bertz CT molecular complexity index is 1180. The van der Waals surface area contributed by atoms with Crippen LogP contribution in [0.3, 0.4) is 0 Å². The summed E-state index contributed by atoms with van der Waals surface area (Å²) in [6.45, 7) is 0.465. The molecule has 6 heteroatoms. The Labute approximate surface area is 175 Å². The fraction of sp³-hybridized carbons (Fsp3) is 0.167. The fourth-order valence-corrected chi connectivity index (χ4v) is 3.47. The Balaban J connectivity index is 1.51. The van der Waals surface area contributed by atoms with Crippen molar-refractivity contribution in [3.63, 3.8) is 0 Å². The largest absolute Gasteiger partial charge is 0.493 e. The number of fused-ring (bicyclic) bond motifs is 1. The number of hydrogen-bond acceptors (Lipinski definition) is 4. The summed E-state index contributed by atoms with van der Waals surface area (Å²) in [6, 6.07) is 21.2. The van der Waals surface area contributed by atoms with Crippen LogP contribution >= 0.6 is 0 Å².